The number of hydrogen-bond donors (Lipinski definition) is 5. The molecule has 8 heteroatoms. The van der Waals surface area contributed by atoms with E-state index in [9.17, 15) is 19.8 Å². The Bertz CT molecular complexity index is 1450. The number of hydrogen-bond acceptors (Lipinski definition) is 5. The van der Waals surface area contributed by atoms with Gasteiger partial charge in [-0.05, 0) is 66.3 Å². The van der Waals surface area contributed by atoms with E-state index in [0.717, 1.165) is 29.5 Å². The van der Waals surface area contributed by atoms with E-state index in [1.54, 1.807) is 12.1 Å². The molecule has 5 N–H and O–H groups in total. The van der Waals surface area contributed by atoms with Crippen LogP contribution in [0, 0.1) is 0 Å². The molecule has 38 heavy (non-hydrogen) atoms. The van der Waals surface area contributed by atoms with Crippen LogP contribution < -0.4 is 16.2 Å². The highest BCUT2D eigenvalue weighted by Crippen LogP contribution is 2.28. The molecule has 0 aliphatic rings. The molecule has 0 saturated carbocycles. The average molecular weight is 534 g/mol. The maximum absolute atomic E-state index is 12.4. The van der Waals surface area contributed by atoms with Crippen molar-refractivity contribution in [3.8, 4) is 5.75 Å². The third-order valence-corrected chi connectivity index (χ3v) is 6.72. The van der Waals surface area contributed by atoms with Crippen molar-refractivity contribution in [2.45, 2.75) is 38.3 Å². The highest BCUT2D eigenvalue weighted by molar-refractivity contribution is 6.30. The van der Waals surface area contributed by atoms with Crippen molar-refractivity contribution in [3.05, 3.63) is 110 Å². The molecule has 4 rings (SSSR count). The number of phenols is 1. The van der Waals surface area contributed by atoms with Gasteiger partial charge >= 0.3 is 0 Å². The lowest BCUT2D eigenvalue weighted by Gasteiger charge is -2.19. The molecule has 3 aromatic carbocycles. The molecule has 4 aromatic rings. The molecule has 1 unspecified atom stereocenters. The molecular formula is C30H32ClN3O4. The third kappa shape index (κ3) is 7.44. The Kier molecular flexibility index (Phi) is 9.18. The average Bonchev–Trinajstić information content (AvgIpc) is 2.89. The van der Waals surface area contributed by atoms with Gasteiger partial charge in [0, 0.05) is 35.6 Å². The molecule has 0 aliphatic heterocycles. The van der Waals surface area contributed by atoms with Gasteiger partial charge in [0.25, 0.3) is 0 Å². The van der Waals surface area contributed by atoms with Crippen LogP contribution in [0.4, 0.5) is 0 Å². The molecule has 198 valence electrons. The van der Waals surface area contributed by atoms with E-state index in [1.165, 1.54) is 12.1 Å². The van der Waals surface area contributed by atoms with Gasteiger partial charge in [0.15, 0.2) is 0 Å². The van der Waals surface area contributed by atoms with Crippen molar-refractivity contribution in [2.75, 3.05) is 13.1 Å². The van der Waals surface area contributed by atoms with Crippen LogP contribution in [-0.2, 0) is 24.1 Å². The van der Waals surface area contributed by atoms with Crippen molar-refractivity contribution in [3.63, 3.8) is 0 Å². The van der Waals surface area contributed by atoms with Gasteiger partial charge < -0.3 is 25.8 Å². The first-order valence-electron chi connectivity index (χ1n) is 12.6. The lowest BCUT2D eigenvalue weighted by atomic mass is 10.0. The summed E-state index contributed by atoms with van der Waals surface area (Å²) in [7, 11) is 0. The topological polar surface area (TPSA) is 114 Å². The molecule has 2 atom stereocenters. The maximum atomic E-state index is 12.4. The molecule has 0 radical (unpaired) electrons. The van der Waals surface area contributed by atoms with Crippen molar-refractivity contribution in [1.29, 1.82) is 0 Å². The summed E-state index contributed by atoms with van der Waals surface area (Å²) in [4.78, 5) is 26.7. The van der Waals surface area contributed by atoms with Gasteiger partial charge in [0.1, 0.15) is 5.75 Å². The molecular weight excluding hydrogens is 502 g/mol. The second kappa shape index (κ2) is 12.7. The number of aromatic hydroxyl groups is 1. The number of rotatable bonds is 11. The van der Waals surface area contributed by atoms with Gasteiger partial charge in [0.05, 0.1) is 18.0 Å². The number of H-pyrrole nitrogens is 1. The molecule has 0 aliphatic carbocycles. The number of aromatic amines is 1. The zero-order valence-electron chi connectivity index (χ0n) is 21.2. The highest BCUT2D eigenvalue weighted by Gasteiger charge is 2.15. The second-order valence-electron chi connectivity index (χ2n) is 9.54. The summed E-state index contributed by atoms with van der Waals surface area (Å²) in [5.41, 5.74) is 3.79. The molecule has 1 heterocycles. The molecule has 0 fully saturated rings. The van der Waals surface area contributed by atoms with Crippen molar-refractivity contribution < 1.29 is 15.0 Å². The summed E-state index contributed by atoms with van der Waals surface area (Å²) in [6.07, 6.45) is 0.956. The molecule has 1 aromatic heterocycles. The largest absolute Gasteiger partial charge is 0.506 e. The van der Waals surface area contributed by atoms with E-state index in [4.69, 9.17) is 11.6 Å². The number of amides is 1. The van der Waals surface area contributed by atoms with Crippen LogP contribution in [0.3, 0.4) is 0 Å². The fourth-order valence-electron chi connectivity index (χ4n) is 4.51. The molecule has 1 amide bonds. The normalized spacial score (nSPS) is 12.8. The second-order valence-corrected chi connectivity index (χ2v) is 9.97. The van der Waals surface area contributed by atoms with Gasteiger partial charge in [-0.3, -0.25) is 9.59 Å². The van der Waals surface area contributed by atoms with Crippen LogP contribution in [0.5, 0.6) is 5.75 Å². The number of carbonyl (C=O) groups is 1. The summed E-state index contributed by atoms with van der Waals surface area (Å²) in [5, 5.41) is 28.5. The van der Waals surface area contributed by atoms with E-state index in [2.05, 4.69) is 15.6 Å². The van der Waals surface area contributed by atoms with Crippen LogP contribution in [-0.4, -0.2) is 40.2 Å². The Hall–Kier alpha value is -3.65. The van der Waals surface area contributed by atoms with Gasteiger partial charge in [0.2, 0.25) is 11.5 Å². The highest BCUT2D eigenvalue weighted by atomic mass is 35.5. The van der Waals surface area contributed by atoms with E-state index in [1.807, 2.05) is 55.5 Å². The third-order valence-electron chi connectivity index (χ3n) is 6.47. The Morgan fingerprint density at radius 2 is 1.76 bits per heavy atom. The van der Waals surface area contributed by atoms with Crippen LogP contribution in [0.1, 0.15) is 35.3 Å². The lowest BCUT2D eigenvalue weighted by molar-refractivity contribution is -0.120. The van der Waals surface area contributed by atoms with Crippen molar-refractivity contribution in [2.24, 2.45) is 0 Å². The monoisotopic (exact) mass is 533 g/mol. The number of carbonyl (C=O) groups excluding carboxylic acids is 1. The van der Waals surface area contributed by atoms with Crippen molar-refractivity contribution >= 4 is 28.4 Å². The summed E-state index contributed by atoms with van der Waals surface area (Å²) < 4.78 is 0. The maximum Gasteiger partial charge on any atom is 0.248 e. The summed E-state index contributed by atoms with van der Waals surface area (Å²) in [6.45, 7) is 2.90. The van der Waals surface area contributed by atoms with E-state index in [0.29, 0.717) is 41.0 Å². The SMILES string of the molecule is CC(Cc1cccc(CC(=O)NCCc2ccc(Cl)cc2)c1)NC[C@H](O)c1ccc(O)c2[nH]c(=O)ccc12. The molecule has 0 spiro atoms. The van der Waals surface area contributed by atoms with Crippen LogP contribution in [0.15, 0.2) is 77.6 Å². The van der Waals surface area contributed by atoms with Gasteiger partial charge in [-0.2, -0.15) is 0 Å². The fourth-order valence-corrected chi connectivity index (χ4v) is 4.64. The zero-order chi connectivity index (χ0) is 27.1. The predicted octanol–water partition coefficient (Wildman–Crippen LogP) is 4.04. The van der Waals surface area contributed by atoms with Gasteiger partial charge in [-0.15, -0.1) is 0 Å². The van der Waals surface area contributed by atoms with Gasteiger partial charge in [-0.25, -0.2) is 0 Å². The van der Waals surface area contributed by atoms with Crippen LogP contribution in [0.2, 0.25) is 5.02 Å². The predicted molar refractivity (Wildman–Crippen MR) is 151 cm³/mol. The smallest absolute Gasteiger partial charge is 0.248 e. The number of fused-ring (bicyclic) bond motifs is 1. The first-order chi connectivity index (χ1) is 18.3. The number of benzene rings is 3. The Morgan fingerprint density at radius 3 is 2.55 bits per heavy atom. The van der Waals surface area contributed by atoms with E-state index >= 15 is 0 Å². The number of phenolic OH excluding ortho intramolecular Hbond substituents is 1. The molecule has 7 nitrogen and oxygen atoms in total. The number of nitrogens with one attached hydrogen (secondary N) is 3. The quantitative estimate of drug-likeness (QED) is 0.200. The minimum absolute atomic E-state index is 0.0205. The van der Waals surface area contributed by atoms with E-state index < -0.39 is 6.10 Å². The minimum Gasteiger partial charge on any atom is -0.506 e. The van der Waals surface area contributed by atoms with Crippen molar-refractivity contribution in [1.82, 2.24) is 15.6 Å². The Morgan fingerprint density at radius 1 is 1.00 bits per heavy atom. The zero-order valence-corrected chi connectivity index (χ0v) is 22.0. The Balaban J connectivity index is 1.27. The fraction of sp³-hybridized carbons (Fsp3) is 0.267. The first kappa shape index (κ1) is 27.4. The standard InChI is InChI=1S/C30H32ClN3O4/c1-19(33-18-27(36)24-9-11-26(35)30-25(24)10-12-28(37)34-30)15-21-3-2-4-22(16-21)17-29(38)32-14-13-20-5-7-23(31)8-6-20/h2-12,16,19,27,33,35-36H,13-15,17-18H2,1H3,(H,32,38)(H,34,37)/t19?,27-/m0/s1. The number of aromatic nitrogens is 1. The lowest BCUT2D eigenvalue weighted by Crippen LogP contribution is -2.32. The first-order valence-corrected chi connectivity index (χ1v) is 13.0. The molecule has 0 saturated heterocycles. The summed E-state index contributed by atoms with van der Waals surface area (Å²) in [6, 6.07) is 21.8. The minimum atomic E-state index is -0.825. The molecule has 0 bridgehead atoms. The number of aliphatic hydroxyl groups is 1. The number of halogens is 1. The Labute approximate surface area is 226 Å². The number of pyridine rings is 1. The van der Waals surface area contributed by atoms with E-state index in [-0.39, 0.29) is 23.3 Å². The summed E-state index contributed by atoms with van der Waals surface area (Å²) in [5.74, 6) is -0.0574. The summed E-state index contributed by atoms with van der Waals surface area (Å²) >= 11 is 5.91. The number of aliphatic hydroxyl groups excluding tert-OH is 1. The van der Waals surface area contributed by atoms with Gasteiger partial charge in [-0.1, -0.05) is 54.1 Å². The van der Waals surface area contributed by atoms with Crippen LogP contribution >= 0.6 is 11.6 Å². The van der Waals surface area contributed by atoms with Crippen LogP contribution in [0.25, 0.3) is 10.9 Å².